The van der Waals surface area contributed by atoms with Crippen molar-refractivity contribution in [3.8, 4) is 5.75 Å². The van der Waals surface area contributed by atoms with Crippen molar-refractivity contribution in [2.75, 3.05) is 12.0 Å². The SMILES string of the molecule is C=CCC(c1ccccc1)N(C(C)=O)c1ccc(OC)cc1. The molecule has 0 aromatic heterocycles. The second-order valence-corrected chi connectivity index (χ2v) is 5.04. The van der Waals surface area contributed by atoms with Crippen molar-refractivity contribution in [3.63, 3.8) is 0 Å². The van der Waals surface area contributed by atoms with Gasteiger partial charge in [0.25, 0.3) is 0 Å². The Labute approximate surface area is 131 Å². The van der Waals surface area contributed by atoms with E-state index in [1.807, 2.05) is 60.7 Å². The second-order valence-electron chi connectivity index (χ2n) is 5.04. The molecule has 2 aromatic rings. The maximum Gasteiger partial charge on any atom is 0.224 e. The molecule has 3 nitrogen and oxygen atoms in total. The summed E-state index contributed by atoms with van der Waals surface area (Å²) in [5, 5.41) is 0. The highest BCUT2D eigenvalue weighted by molar-refractivity contribution is 5.92. The van der Waals surface area contributed by atoms with E-state index in [-0.39, 0.29) is 11.9 Å². The number of hydrogen-bond acceptors (Lipinski definition) is 2. The first-order chi connectivity index (χ1) is 10.7. The molecule has 0 aliphatic carbocycles. The molecule has 3 heteroatoms. The molecule has 0 fully saturated rings. The molecule has 1 atom stereocenters. The standard InChI is InChI=1S/C19H21NO2/c1-4-8-19(16-9-6-5-7-10-16)20(15(2)21)17-11-13-18(22-3)14-12-17/h4-7,9-14,19H,1,8H2,2-3H3. The van der Waals surface area contributed by atoms with Crippen molar-refractivity contribution in [1.29, 1.82) is 0 Å². The molecule has 2 rings (SSSR count). The zero-order valence-electron chi connectivity index (χ0n) is 13.0. The monoisotopic (exact) mass is 295 g/mol. The first kappa shape index (κ1) is 15.8. The lowest BCUT2D eigenvalue weighted by molar-refractivity contribution is -0.117. The van der Waals surface area contributed by atoms with E-state index in [4.69, 9.17) is 4.74 Å². The van der Waals surface area contributed by atoms with Gasteiger partial charge in [0.1, 0.15) is 5.75 Å². The minimum Gasteiger partial charge on any atom is -0.497 e. The third-order valence-electron chi connectivity index (χ3n) is 3.58. The predicted molar refractivity (Wildman–Crippen MR) is 90.2 cm³/mol. The lowest BCUT2D eigenvalue weighted by Crippen LogP contribution is -2.32. The molecule has 1 amide bonds. The molecular formula is C19H21NO2. The van der Waals surface area contributed by atoms with Gasteiger partial charge in [-0.2, -0.15) is 0 Å². The van der Waals surface area contributed by atoms with Gasteiger partial charge in [0.05, 0.1) is 13.2 Å². The Bertz CT molecular complexity index is 620. The zero-order valence-corrected chi connectivity index (χ0v) is 13.0. The van der Waals surface area contributed by atoms with Crippen LogP contribution < -0.4 is 9.64 Å². The van der Waals surface area contributed by atoms with E-state index in [1.54, 1.807) is 18.9 Å². The van der Waals surface area contributed by atoms with E-state index in [0.29, 0.717) is 6.42 Å². The fraction of sp³-hybridized carbons (Fsp3) is 0.211. The zero-order chi connectivity index (χ0) is 15.9. The van der Waals surface area contributed by atoms with E-state index in [9.17, 15) is 4.79 Å². The van der Waals surface area contributed by atoms with Gasteiger partial charge in [-0.25, -0.2) is 0 Å². The molecule has 0 N–H and O–H groups in total. The Hall–Kier alpha value is -2.55. The molecule has 22 heavy (non-hydrogen) atoms. The number of amides is 1. The van der Waals surface area contributed by atoms with E-state index < -0.39 is 0 Å². The number of benzene rings is 2. The summed E-state index contributed by atoms with van der Waals surface area (Å²) in [7, 11) is 1.63. The Morgan fingerprint density at radius 2 is 1.82 bits per heavy atom. The minimum absolute atomic E-state index is 0.000805. The van der Waals surface area contributed by atoms with E-state index >= 15 is 0 Å². The molecule has 2 aromatic carbocycles. The normalized spacial score (nSPS) is 11.5. The smallest absolute Gasteiger partial charge is 0.224 e. The molecule has 0 bridgehead atoms. The Kier molecular flexibility index (Phi) is 5.37. The van der Waals surface area contributed by atoms with Gasteiger partial charge in [-0.3, -0.25) is 4.79 Å². The largest absolute Gasteiger partial charge is 0.497 e. The van der Waals surface area contributed by atoms with Crippen LogP contribution >= 0.6 is 0 Å². The fourth-order valence-corrected chi connectivity index (χ4v) is 2.55. The summed E-state index contributed by atoms with van der Waals surface area (Å²) in [5.41, 5.74) is 1.94. The van der Waals surface area contributed by atoms with Gasteiger partial charge in [0.15, 0.2) is 0 Å². The minimum atomic E-state index is -0.0652. The molecule has 0 heterocycles. The van der Waals surface area contributed by atoms with Crippen molar-refractivity contribution in [1.82, 2.24) is 0 Å². The van der Waals surface area contributed by atoms with Gasteiger partial charge in [-0.1, -0.05) is 36.4 Å². The first-order valence-electron chi connectivity index (χ1n) is 7.27. The van der Waals surface area contributed by atoms with E-state index in [1.165, 1.54) is 0 Å². The van der Waals surface area contributed by atoms with Gasteiger partial charge in [0, 0.05) is 12.6 Å². The molecular weight excluding hydrogens is 274 g/mol. The number of carbonyl (C=O) groups excluding carboxylic acids is 1. The molecule has 0 spiro atoms. The summed E-state index contributed by atoms with van der Waals surface area (Å²) < 4.78 is 5.18. The van der Waals surface area contributed by atoms with Crippen LogP contribution in [-0.4, -0.2) is 13.0 Å². The van der Waals surface area contributed by atoms with Crippen molar-refractivity contribution in [3.05, 3.63) is 72.8 Å². The number of anilines is 1. The molecule has 1 unspecified atom stereocenters. The number of methoxy groups -OCH3 is 1. The lowest BCUT2D eigenvalue weighted by Gasteiger charge is -2.31. The fourth-order valence-electron chi connectivity index (χ4n) is 2.55. The number of rotatable bonds is 6. The van der Waals surface area contributed by atoms with Gasteiger partial charge >= 0.3 is 0 Å². The topological polar surface area (TPSA) is 29.5 Å². The quantitative estimate of drug-likeness (QED) is 0.741. The van der Waals surface area contributed by atoms with Crippen LogP contribution in [0.25, 0.3) is 0 Å². The number of nitrogens with zero attached hydrogens (tertiary/aromatic N) is 1. The Balaban J connectivity index is 2.42. The highest BCUT2D eigenvalue weighted by atomic mass is 16.5. The average Bonchev–Trinajstić information content (AvgIpc) is 2.55. The second kappa shape index (κ2) is 7.46. The van der Waals surface area contributed by atoms with Crippen LogP contribution in [-0.2, 0) is 4.79 Å². The van der Waals surface area contributed by atoms with Crippen molar-refractivity contribution in [2.45, 2.75) is 19.4 Å². The lowest BCUT2D eigenvalue weighted by atomic mass is 10.0. The summed E-state index contributed by atoms with van der Waals surface area (Å²) in [6, 6.07) is 17.5. The molecule has 0 aliphatic heterocycles. The van der Waals surface area contributed by atoms with Crippen LogP contribution in [0.2, 0.25) is 0 Å². The van der Waals surface area contributed by atoms with Crippen LogP contribution in [0.3, 0.4) is 0 Å². The van der Waals surface area contributed by atoms with Gasteiger partial charge < -0.3 is 9.64 Å². The summed E-state index contributed by atoms with van der Waals surface area (Å²) in [5.74, 6) is 0.771. The Morgan fingerprint density at radius 1 is 1.18 bits per heavy atom. The summed E-state index contributed by atoms with van der Waals surface area (Å²) in [6.07, 6.45) is 2.53. The Morgan fingerprint density at radius 3 is 2.32 bits per heavy atom. The molecule has 0 saturated heterocycles. The third kappa shape index (κ3) is 3.55. The average molecular weight is 295 g/mol. The van der Waals surface area contributed by atoms with Crippen molar-refractivity contribution in [2.24, 2.45) is 0 Å². The van der Waals surface area contributed by atoms with Crippen LogP contribution in [0.4, 0.5) is 5.69 Å². The molecule has 0 radical (unpaired) electrons. The van der Waals surface area contributed by atoms with Crippen LogP contribution in [0.15, 0.2) is 67.3 Å². The summed E-state index contributed by atoms with van der Waals surface area (Å²) in [6.45, 7) is 5.42. The highest BCUT2D eigenvalue weighted by Crippen LogP contribution is 2.31. The van der Waals surface area contributed by atoms with Crippen molar-refractivity contribution >= 4 is 11.6 Å². The van der Waals surface area contributed by atoms with Crippen LogP contribution in [0.1, 0.15) is 24.9 Å². The first-order valence-corrected chi connectivity index (χ1v) is 7.27. The van der Waals surface area contributed by atoms with Gasteiger partial charge in [-0.05, 0) is 36.2 Å². The summed E-state index contributed by atoms with van der Waals surface area (Å²) >= 11 is 0. The van der Waals surface area contributed by atoms with Gasteiger partial charge in [0.2, 0.25) is 5.91 Å². The number of carbonyl (C=O) groups is 1. The predicted octanol–water partition coefficient (Wildman–Crippen LogP) is 4.37. The van der Waals surface area contributed by atoms with E-state index in [2.05, 4.69) is 6.58 Å². The molecule has 114 valence electrons. The molecule has 0 aliphatic rings. The third-order valence-corrected chi connectivity index (χ3v) is 3.58. The maximum absolute atomic E-state index is 12.2. The van der Waals surface area contributed by atoms with E-state index in [0.717, 1.165) is 17.0 Å². The van der Waals surface area contributed by atoms with Crippen molar-refractivity contribution < 1.29 is 9.53 Å². The van der Waals surface area contributed by atoms with Crippen LogP contribution in [0, 0.1) is 0 Å². The highest BCUT2D eigenvalue weighted by Gasteiger charge is 2.23. The van der Waals surface area contributed by atoms with Crippen LogP contribution in [0.5, 0.6) is 5.75 Å². The summed E-state index contributed by atoms with van der Waals surface area (Å²) in [4.78, 5) is 14.1. The number of ether oxygens (including phenoxy) is 1. The maximum atomic E-state index is 12.2. The van der Waals surface area contributed by atoms with Gasteiger partial charge in [-0.15, -0.1) is 6.58 Å². The molecule has 0 saturated carbocycles. The number of hydrogen-bond donors (Lipinski definition) is 0.